The number of hydrogen-bond acceptors (Lipinski definition) is 7. The first-order chi connectivity index (χ1) is 27.2. The van der Waals surface area contributed by atoms with E-state index < -0.39 is 40.3 Å². The first kappa shape index (κ1) is 43.3. The topological polar surface area (TPSA) is 164 Å². The SMILES string of the molecule is Cc1ccc(NC(=O)NC(C)(C)C(=O)N[C@@]23CC[C@]4(C)[C@H](CC[C@@H]5[C@@]6(C)CC[C@H](OC(=O)C7C[C@@H](C(=O)O)C7(C)C)C(C)(C)[C@@H]6CC[C@]54C)C2=C(C(C)C)C(=O)C3)cn1. The first-order valence-electron chi connectivity index (χ1n) is 22.3. The molecule has 6 aliphatic rings. The summed E-state index contributed by atoms with van der Waals surface area (Å²) in [5.41, 5.74) is 0.304. The Morgan fingerprint density at radius 2 is 1.56 bits per heavy atom. The van der Waals surface area contributed by atoms with Gasteiger partial charge in [-0.3, -0.25) is 24.2 Å². The van der Waals surface area contributed by atoms with Crippen molar-refractivity contribution in [2.45, 2.75) is 164 Å². The van der Waals surface area contributed by atoms with Gasteiger partial charge in [0.1, 0.15) is 11.6 Å². The van der Waals surface area contributed by atoms with Gasteiger partial charge >= 0.3 is 18.0 Å². The number of anilines is 1. The number of aryl methyl sites for hydroxylation is 1. The van der Waals surface area contributed by atoms with E-state index in [2.05, 4.69) is 69.4 Å². The molecule has 11 nitrogen and oxygen atoms in total. The molecule has 11 heteroatoms. The van der Waals surface area contributed by atoms with Crippen LogP contribution in [0.15, 0.2) is 29.5 Å². The Bertz CT molecular complexity index is 1970. The molecular formula is C48H70N4O7. The number of aromatic nitrogens is 1. The molecule has 0 aromatic carbocycles. The lowest BCUT2D eigenvalue weighted by Crippen LogP contribution is -2.68. The van der Waals surface area contributed by atoms with Gasteiger partial charge in [-0.15, -0.1) is 0 Å². The van der Waals surface area contributed by atoms with E-state index in [1.54, 1.807) is 26.1 Å². The Morgan fingerprint density at radius 1 is 0.864 bits per heavy atom. The maximum Gasteiger partial charge on any atom is 0.320 e. The molecule has 0 radical (unpaired) electrons. The van der Waals surface area contributed by atoms with E-state index in [0.29, 0.717) is 30.4 Å². The third kappa shape index (κ3) is 6.56. The summed E-state index contributed by atoms with van der Waals surface area (Å²) >= 11 is 0. The zero-order chi connectivity index (χ0) is 43.5. The molecule has 5 saturated carbocycles. The molecule has 0 aliphatic heterocycles. The summed E-state index contributed by atoms with van der Waals surface area (Å²) in [5, 5.41) is 18.8. The van der Waals surface area contributed by atoms with Crippen LogP contribution in [0.25, 0.3) is 0 Å². The van der Waals surface area contributed by atoms with Gasteiger partial charge in [-0.1, -0.05) is 62.3 Å². The minimum absolute atomic E-state index is 0.0109. The Balaban J connectivity index is 1.12. The van der Waals surface area contributed by atoms with Crippen molar-refractivity contribution in [3.05, 3.63) is 35.2 Å². The van der Waals surface area contributed by atoms with Crippen LogP contribution in [0, 0.1) is 69.5 Å². The summed E-state index contributed by atoms with van der Waals surface area (Å²) in [4.78, 5) is 71.3. The highest BCUT2D eigenvalue weighted by molar-refractivity contribution is 6.03. The lowest BCUT2D eigenvalue weighted by atomic mass is 9.33. The molecule has 1 unspecified atom stereocenters. The summed E-state index contributed by atoms with van der Waals surface area (Å²) in [5.74, 6) is -1.31. The molecule has 1 aromatic heterocycles. The number of Topliss-reactive ketones (excluding diaryl/α,β-unsaturated/α-hetero) is 1. The average Bonchev–Trinajstić information content (AvgIpc) is 3.41. The highest BCUT2D eigenvalue weighted by Crippen LogP contribution is 2.76. The van der Waals surface area contributed by atoms with Crippen LogP contribution in [0.2, 0.25) is 0 Å². The molecule has 3 amide bonds. The molecule has 10 atom stereocenters. The molecule has 1 heterocycles. The normalized spacial score (nSPS) is 38.2. The molecule has 59 heavy (non-hydrogen) atoms. The number of carboxylic acids is 1. The van der Waals surface area contributed by atoms with Crippen molar-refractivity contribution in [3.8, 4) is 0 Å². The Kier molecular flexibility index (Phi) is 10.4. The number of ketones is 1. The van der Waals surface area contributed by atoms with Gasteiger partial charge in [-0.25, -0.2) is 4.79 Å². The molecule has 324 valence electrons. The van der Waals surface area contributed by atoms with Crippen LogP contribution in [-0.4, -0.2) is 56.9 Å². The van der Waals surface area contributed by atoms with Crippen LogP contribution >= 0.6 is 0 Å². The quantitative estimate of drug-likeness (QED) is 0.189. The number of hydrogen-bond donors (Lipinski definition) is 4. The highest BCUT2D eigenvalue weighted by atomic mass is 16.5. The number of carboxylic acid groups (broad SMARTS) is 1. The van der Waals surface area contributed by atoms with Crippen molar-refractivity contribution in [1.82, 2.24) is 15.6 Å². The third-order valence-electron chi connectivity index (χ3n) is 18.0. The molecule has 0 bridgehead atoms. The van der Waals surface area contributed by atoms with E-state index in [-0.39, 0.29) is 63.7 Å². The van der Waals surface area contributed by atoms with Gasteiger partial charge < -0.3 is 25.8 Å². The molecular weight excluding hydrogens is 745 g/mol. The second kappa shape index (κ2) is 14.1. The number of aliphatic carboxylic acids is 1. The summed E-state index contributed by atoms with van der Waals surface area (Å²) < 4.78 is 6.41. The molecule has 4 N–H and O–H groups in total. The lowest BCUT2D eigenvalue weighted by molar-refractivity contribution is -0.235. The Hall–Kier alpha value is -3.76. The van der Waals surface area contributed by atoms with Crippen LogP contribution in [0.1, 0.15) is 146 Å². The van der Waals surface area contributed by atoms with E-state index in [0.717, 1.165) is 61.8 Å². The van der Waals surface area contributed by atoms with Gasteiger partial charge in [0.2, 0.25) is 5.91 Å². The molecule has 5 fully saturated rings. The van der Waals surface area contributed by atoms with Crippen molar-refractivity contribution in [2.75, 3.05) is 5.32 Å². The second-order valence-electron chi connectivity index (χ2n) is 22.4. The van der Waals surface area contributed by atoms with Gasteiger partial charge in [0, 0.05) is 17.5 Å². The molecule has 6 aliphatic carbocycles. The molecule has 7 rings (SSSR count). The van der Waals surface area contributed by atoms with Crippen LogP contribution in [-0.2, 0) is 23.9 Å². The predicted molar refractivity (Wildman–Crippen MR) is 226 cm³/mol. The first-order valence-corrected chi connectivity index (χ1v) is 22.3. The standard InChI is InChI=1S/C48H70N4O7/c1-26(2)36-32(53)24-48(51-40(57)44(8,9)52-41(58)50-28-14-13-27(3)49-25-28)22-21-46(11)29(37(36)48)15-16-34-45(10)19-18-35(43(6,7)33(45)17-20-47(34,46)12)59-39(56)31-23-30(38(54)55)42(31,4)5/h13-14,25-26,29-31,33-35H,15-24H2,1-12H3,(H,51,57)(H,54,55)(H2,50,52,58)/t29-,30+,31?,33+,34-,35+,45+,46-,47-,48-/m1/s1. The van der Waals surface area contributed by atoms with Gasteiger partial charge in [0.15, 0.2) is 5.78 Å². The monoisotopic (exact) mass is 815 g/mol. The zero-order valence-electron chi connectivity index (χ0n) is 37.7. The zero-order valence-corrected chi connectivity index (χ0v) is 37.7. The maximum absolute atomic E-state index is 14.3. The van der Waals surface area contributed by atoms with Gasteiger partial charge in [-0.2, -0.15) is 0 Å². The fourth-order valence-electron chi connectivity index (χ4n) is 14.3. The largest absolute Gasteiger partial charge is 0.481 e. The number of nitrogens with zero attached hydrogens (tertiary/aromatic N) is 1. The number of urea groups is 1. The van der Waals surface area contributed by atoms with E-state index >= 15 is 0 Å². The van der Waals surface area contributed by atoms with E-state index in [4.69, 9.17) is 4.74 Å². The van der Waals surface area contributed by atoms with Crippen molar-refractivity contribution >= 4 is 35.3 Å². The van der Waals surface area contributed by atoms with Gasteiger partial charge in [-0.05, 0) is 147 Å². The average molecular weight is 815 g/mol. The number of allylic oxidation sites excluding steroid dienone is 1. The van der Waals surface area contributed by atoms with Crippen molar-refractivity contribution in [2.24, 2.45) is 62.6 Å². The number of ether oxygens (including phenoxy) is 1. The van der Waals surface area contributed by atoms with E-state index in [1.807, 2.05) is 26.8 Å². The summed E-state index contributed by atoms with van der Waals surface area (Å²) in [6.45, 7) is 25.3. The van der Waals surface area contributed by atoms with Crippen LogP contribution in [0.3, 0.4) is 0 Å². The minimum atomic E-state index is -1.27. The van der Waals surface area contributed by atoms with Crippen molar-refractivity contribution < 1.29 is 33.8 Å². The second-order valence-corrected chi connectivity index (χ2v) is 22.4. The Morgan fingerprint density at radius 3 is 2.17 bits per heavy atom. The predicted octanol–water partition coefficient (Wildman–Crippen LogP) is 8.80. The number of carbonyl (C=O) groups is 5. The van der Waals surface area contributed by atoms with Crippen LogP contribution in [0.4, 0.5) is 10.5 Å². The van der Waals surface area contributed by atoms with Crippen molar-refractivity contribution in [3.63, 3.8) is 0 Å². The smallest absolute Gasteiger partial charge is 0.320 e. The number of amides is 3. The molecule has 0 saturated heterocycles. The summed E-state index contributed by atoms with van der Waals surface area (Å²) in [7, 11) is 0. The van der Waals surface area contributed by atoms with E-state index in [9.17, 15) is 29.1 Å². The van der Waals surface area contributed by atoms with Gasteiger partial charge in [0.05, 0.1) is 29.3 Å². The number of nitrogens with one attached hydrogen (secondary N) is 3. The van der Waals surface area contributed by atoms with Gasteiger partial charge in [0.25, 0.3) is 0 Å². The minimum Gasteiger partial charge on any atom is -0.481 e. The number of carbonyl (C=O) groups excluding carboxylic acids is 4. The third-order valence-corrected chi connectivity index (χ3v) is 18.0. The van der Waals surface area contributed by atoms with Crippen molar-refractivity contribution in [1.29, 1.82) is 0 Å². The Labute approximate surface area is 351 Å². The van der Waals surface area contributed by atoms with E-state index in [1.165, 1.54) is 0 Å². The maximum atomic E-state index is 14.3. The summed E-state index contributed by atoms with van der Waals surface area (Å²) in [6.07, 6.45) is 9.21. The number of pyridine rings is 1. The molecule has 1 aromatic rings. The highest BCUT2D eigenvalue weighted by Gasteiger charge is 2.71. The number of rotatable bonds is 8. The van der Waals surface area contributed by atoms with Crippen LogP contribution < -0.4 is 16.0 Å². The number of esters is 1. The fraction of sp³-hybridized carbons (Fsp3) is 0.750. The lowest BCUT2D eigenvalue weighted by Gasteiger charge is -2.72. The fourth-order valence-corrected chi connectivity index (χ4v) is 14.3. The van der Waals surface area contributed by atoms with Crippen LogP contribution in [0.5, 0.6) is 0 Å². The molecule has 0 spiro atoms. The number of fused-ring (bicyclic) bond motifs is 7. The summed E-state index contributed by atoms with van der Waals surface area (Å²) in [6, 6.07) is 3.07.